The lowest BCUT2D eigenvalue weighted by Crippen LogP contribution is -2.45. The van der Waals surface area contributed by atoms with Gasteiger partial charge in [0.2, 0.25) is 0 Å². The predicted molar refractivity (Wildman–Crippen MR) is 150 cm³/mol. The molecule has 210 valence electrons. The summed E-state index contributed by atoms with van der Waals surface area (Å²) in [4.78, 5) is 52.8. The fraction of sp³-hybridized carbons (Fsp3) is 0.400. The number of carbonyl (C=O) groups is 2. The third kappa shape index (κ3) is 4.72. The van der Waals surface area contributed by atoms with Gasteiger partial charge in [0.15, 0.2) is 5.75 Å². The Morgan fingerprint density at radius 1 is 1.10 bits per heavy atom. The molecule has 2 fully saturated rings. The molecule has 3 aromatic carbocycles. The van der Waals surface area contributed by atoms with Gasteiger partial charge >= 0.3 is 5.97 Å². The predicted octanol–water partition coefficient (Wildman–Crippen LogP) is 3.48. The summed E-state index contributed by atoms with van der Waals surface area (Å²) in [7, 11) is 1.28. The van der Waals surface area contributed by atoms with Gasteiger partial charge in [0.05, 0.1) is 36.1 Å². The first kappa shape index (κ1) is 27.4. The van der Waals surface area contributed by atoms with E-state index in [1.54, 1.807) is 6.07 Å². The molecular weight excluding hydrogens is 514 g/mol. The Bertz CT molecular complexity index is 1510. The number of fused-ring (bicyclic) bond motifs is 1. The second kappa shape index (κ2) is 10.4. The smallest absolute Gasteiger partial charge is 0.328 e. The quantitative estimate of drug-likeness (QED) is 0.220. The molecule has 0 aliphatic carbocycles. The highest BCUT2D eigenvalue weighted by molar-refractivity contribution is 6.01. The van der Waals surface area contributed by atoms with E-state index in [0.717, 1.165) is 5.56 Å². The summed E-state index contributed by atoms with van der Waals surface area (Å²) in [6, 6.07) is 13.0. The van der Waals surface area contributed by atoms with Crippen molar-refractivity contribution in [3.8, 4) is 5.75 Å². The van der Waals surface area contributed by atoms with Crippen molar-refractivity contribution in [2.24, 2.45) is 5.92 Å². The van der Waals surface area contributed by atoms with E-state index in [1.807, 2.05) is 51.1 Å². The average molecular weight is 548 g/mol. The third-order valence-electron chi connectivity index (χ3n) is 7.86. The zero-order valence-electron chi connectivity index (χ0n) is 22.9. The number of hydrogen-bond donors (Lipinski definition) is 3. The minimum Gasteiger partial charge on any atom is -0.505 e. The molecule has 1 amide bonds. The van der Waals surface area contributed by atoms with Crippen molar-refractivity contribution in [2.45, 2.75) is 57.4 Å². The first-order valence-corrected chi connectivity index (χ1v) is 13.4. The summed E-state index contributed by atoms with van der Waals surface area (Å²) in [6.45, 7) is 6.03. The summed E-state index contributed by atoms with van der Waals surface area (Å²) >= 11 is 0. The summed E-state index contributed by atoms with van der Waals surface area (Å²) < 4.78 is 11.1. The largest absolute Gasteiger partial charge is 0.505 e. The highest BCUT2D eigenvalue weighted by atomic mass is 16.5. The van der Waals surface area contributed by atoms with Gasteiger partial charge in [-0.3, -0.25) is 14.4 Å². The van der Waals surface area contributed by atoms with Crippen LogP contribution in [-0.2, 0) is 14.3 Å². The first-order valence-electron chi connectivity index (χ1n) is 13.4. The topological polar surface area (TPSA) is 134 Å². The Balaban J connectivity index is 1.40. The van der Waals surface area contributed by atoms with Crippen molar-refractivity contribution in [1.82, 2.24) is 4.90 Å². The number of nitrogens with zero attached hydrogens (tertiary/aromatic N) is 1. The van der Waals surface area contributed by atoms with Crippen LogP contribution in [0.3, 0.4) is 0 Å². The van der Waals surface area contributed by atoms with Crippen LogP contribution >= 0.6 is 0 Å². The number of rotatable bonds is 8. The lowest BCUT2D eigenvalue weighted by molar-refractivity contribution is -0.146. The molecule has 2 aliphatic heterocycles. The fourth-order valence-corrected chi connectivity index (χ4v) is 5.94. The highest BCUT2D eigenvalue weighted by Gasteiger charge is 2.56. The summed E-state index contributed by atoms with van der Waals surface area (Å²) in [5.41, 5.74) is -0.681. The lowest BCUT2D eigenvalue weighted by atomic mass is 9.90. The second-order valence-corrected chi connectivity index (χ2v) is 11.0. The SMILES string of the molecule is CC[C@@H](Nc1c(Nc2cccc(C(=O)N3C[C@@H]4OC(C)(C)C[C@@H]4[C@H]3C(=O)OC)c2O)c(=O)c1=O)c1ccccc1. The first-order chi connectivity index (χ1) is 19.1. The lowest BCUT2D eigenvalue weighted by Gasteiger charge is -2.28. The van der Waals surface area contributed by atoms with E-state index in [4.69, 9.17) is 9.47 Å². The molecule has 2 heterocycles. The molecule has 3 aromatic rings. The van der Waals surface area contributed by atoms with E-state index < -0.39 is 40.1 Å². The number of esters is 1. The molecule has 3 N–H and O–H groups in total. The number of hydrogen-bond acceptors (Lipinski definition) is 9. The Morgan fingerprint density at radius 2 is 1.80 bits per heavy atom. The monoisotopic (exact) mass is 547 g/mol. The number of anilines is 3. The number of phenolic OH excluding ortho intramolecular Hbond substituents is 1. The minimum atomic E-state index is -0.853. The van der Waals surface area contributed by atoms with Crippen molar-refractivity contribution in [3.63, 3.8) is 0 Å². The van der Waals surface area contributed by atoms with Crippen LogP contribution in [0.25, 0.3) is 0 Å². The van der Waals surface area contributed by atoms with E-state index in [-0.39, 0.29) is 47.2 Å². The maximum absolute atomic E-state index is 13.7. The van der Waals surface area contributed by atoms with Gasteiger partial charge in [0.25, 0.3) is 16.8 Å². The summed E-state index contributed by atoms with van der Waals surface area (Å²) in [5.74, 6) is -1.74. The van der Waals surface area contributed by atoms with Crippen molar-refractivity contribution in [3.05, 3.63) is 80.1 Å². The van der Waals surface area contributed by atoms with E-state index in [9.17, 15) is 24.3 Å². The number of nitrogens with one attached hydrogen (secondary N) is 2. The molecule has 2 saturated heterocycles. The van der Waals surface area contributed by atoms with Crippen LogP contribution in [0.5, 0.6) is 5.75 Å². The zero-order valence-corrected chi connectivity index (χ0v) is 22.9. The number of phenols is 1. The number of likely N-dealkylation sites (tertiary alicyclic amines) is 1. The molecule has 0 spiro atoms. The normalized spacial score (nSPS) is 22.1. The Labute approximate surface area is 231 Å². The van der Waals surface area contributed by atoms with Gasteiger partial charge in [-0.25, -0.2) is 4.79 Å². The molecule has 0 bridgehead atoms. The van der Waals surface area contributed by atoms with Gasteiger partial charge in [-0.2, -0.15) is 0 Å². The average Bonchev–Trinajstić information content (AvgIpc) is 3.44. The number of benzene rings is 2. The van der Waals surface area contributed by atoms with Gasteiger partial charge in [-0.15, -0.1) is 0 Å². The number of para-hydroxylation sites is 1. The Kier molecular flexibility index (Phi) is 7.14. The Morgan fingerprint density at radius 3 is 2.48 bits per heavy atom. The molecule has 0 aromatic heterocycles. The molecule has 0 unspecified atom stereocenters. The van der Waals surface area contributed by atoms with Crippen molar-refractivity contribution in [2.75, 3.05) is 24.3 Å². The van der Waals surface area contributed by atoms with Crippen LogP contribution in [0.1, 0.15) is 55.6 Å². The number of aromatic hydroxyl groups is 1. The maximum Gasteiger partial charge on any atom is 0.328 e. The maximum atomic E-state index is 13.7. The van der Waals surface area contributed by atoms with Gasteiger partial charge in [-0.1, -0.05) is 43.3 Å². The summed E-state index contributed by atoms with van der Waals surface area (Å²) in [6.07, 6.45) is 0.911. The zero-order chi connectivity index (χ0) is 28.8. The van der Waals surface area contributed by atoms with Crippen LogP contribution < -0.4 is 21.5 Å². The molecule has 2 aliphatic rings. The van der Waals surface area contributed by atoms with Crippen molar-refractivity contribution < 1.29 is 24.2 Å². The van der Waals surface area contributed by atoms with Crippen LogP contribution in [0.2, 0.25) is 0 Å². The molecule has 5 rings (SSSR count). The molecular formula is C30H33N3O7. The third-order valence-corrected chi connectivity index (χ3v) is 7.86. The molecule has 0 saturated carbocycles. The highest BCUT2D eigenvalue weighted by Crippen LogP contribution is 2.44. The molecule has 4 atom stereocenters. The van der Waals surface area contributed by atoms with E-state index >= 15 is 0 Å². The van der Waals surface area contributed by atoms with Gasteiger partial charge in [0, 0.05) is 12.5 Å². The van der Waals surface area contributed by atoms with Crippen LogP contribution in [0.15, 0.2) is 58.1 Å². The molecule has 40 heavy (non-hydrogen) atoms. The second-order valence-electron chi connectivity index (χ2n) is 11.0. The molecule has 10 nitrogen and oxygen atoms in total. The van der Waals surface area contributed by atoms with Crippen LogP contribution in [0, 0.1) is 5.92 Å². The van der Waals surface area contributed by atoms with Gasteiger partial charge < -0.3 is 30.1 Å². The van der Waals surface area contributed by atoms with Gasteiger partial charge in [0.1, 0.15) is 17.4 Å². The van der Waals surface area contributed by atoms with Gasteiger partial charge in [-0.05, 0) is 44.4 Å². The molecule has 0 radical (unpaired) electrons. The van der Waals surface area contributed by atoms with E-state index in [0.29, 0.717) is 12.8 Å². The minimum absolute atomic E-state index is 0.0121. The van der Waals surface area contributed by atoms with Crippen molar-refractivity contribution >= 4 is 28.9 Å². The van der Waals surface area contributed by atoms with E-state index in [2.05, 4.69) is 10.6 Å². The fourth-order valence-electron chi connectivity index (χ4n) is 5.94. The molecule has 10 heteroatoms. The number of carbonyl (C=O) groups excluding carboxylic acids is 2. The van der Waals surface area contributed by atoms with Crippen LogP contribution in [-0.4, -0.2) is 53.3 Å². The van der Waals surface area contributed by atoms with Crippen LogP contribution in [0.4, 0.5) is 17.1 Å². The standard InChI is InChI=1S/C30H33N3O7/c1-5-19(16-10-7-6-8-11-16)31-22-23(27(36)26(22)35)32-20-13-9-12-17(25(20)34)28(37)33-15-21-18(14-30(2,3)40-21)24(33)29(38)39-4/h6-13,18-19,21,24,31-32,34H,5,14-15H2,1-4H3/t18-,19+,21-,24-/m0/s1. The van der Waals surface area contributed by atoms with E-state index in [1.165, 1.54) is 24.1 Å². The number of amides is 1. The Hall–Kier alpha value is -4.18. The summed E-state index contributed by atoms with van der Waals surface area (Å²) in [5, 5.41) is 17.1. The number of ether oxygens (including phenoxy) is 2. The van der Waals surface area contributed by atoms with Crippen molar-refractivity contribution in [1.29, 1.82) is 0 Å². The number of methoxy groups -OCH3 is 1.